The second kappa shape index (κ2) is 7.85. The van der Waals surface area contributed by atoms with E-state index >= 15 is 0 Å². The number of amides is 2. The van der Waals surface area contributed by atoms with Gasteiger partial charge in [-0.15, -0.1) is 10.2 Å². The van der Waals surface area contributed by atoms with Gasteiger partial charge in [-0.3, -0.25) is 9.59 Å². The molecule has 3 aromatic rings. The molecular formula is C25H24N6O2. The number of carbonyl (C=O) groups is 2. The Kier molecular flexibility index (Phi) is 4.97. The molecule has 2 aliphatic heterocycles. The van der Waals surface area contributed by atoms with Crippen LogP contribution in [0.25, 0.3) is 0 Å². The third kappa shape index (κ3) is 3.76. The minimum absolute atomic E-state index is 0.0272. The smallest absolute Gasteiger partial charge is 0.232 e. The van der Waals surface area contributed by atoms with Crippen LogP contribution < -0.4 is 9.80 Å². The van der Waals surface area contributed by atoms with Crippen LogP contribution in [0.1, 0.15) is 37.0 Å². The third-order valence-corrected chi connectivity index (χ3v) is 6.49. The van der Waals surface area contributed by atoms with Gasteiger partial charge in [0.05, 0.1) is 24.1 Å². The monoisotopic (exact) mass is 440 g/mol. The van der Waals surface area contributed by atoms with Crippen molar-refractivity contribution in [1.29, 1.82) is 5.26 Å². The Labute approximate surface area is 192 Å². The van der Waals surface area contributed by atoms with Gasteiger partial charge in [-0.05, 0) is 35.4 Å². The summed E-state index contributed by atoms with van der Waals surface area (Å²) < 4.78 is 1.91. The lowest BCUT2D eigenvalue weighted by molar-refractivity contribution is -0.124. The van der Waals surface area contributed by atoms with Gasteiger partial charge in [0.1, 0.15) is 12.7 Å². The molecule has 166 valence electrons. The number of hydrogen-bond donors (Lipinski definition) is 0. The lowest BCUT2D eigenvalue weighted by Gasteiger charge is -2.23. The van der Waals surface area contributed by atoms with Crippen molar-refractivity contribution in [3.63, 3.8) is 0 Å². The summed E-state index contributed by atoms with van der Waals surface area (Å²) in [6.45, 7) is 5.84. The molecule has 0 saturated carbocycles. The maximum absolute atomic E-state index is 13.6. The van der Waals surface area contributed by atoms with E-state index in [1.165, 1.54) is 0 Å². The van der Waals surface area contributed by atoms with Crippen LogP contribution in [0.15, 0.2) is 55.1 Å². The minimum Gasteiger partial charge on any atom is -0.316 e. The van der Waals surface area contributed by atoms with Gasteiger partial charge >= 0.3 is 0 Å². The Hall–Kier alpha value is -3.99. The van der Waals surface area contributed by atoms with Crippen LogP contribution in [0, 0.1) is 17.2 Å². The number of anilines is 2. The molecule has 0 spiro atoms. The number of fused-ring (bicyclic) bond motifs is 1. The number of rotatable bonds is 4. The molecule has 0 aliphatic carbocycles. The fourth-order valence-electron chi connectivity index (χ4n) is 4.82. The summed E-state index contributed by atoms with van der Waals surface area (Å²) in [5.74, 6) is -0.534. The summed E-state index contributed by atoms with van der Waals surface area (Å²) >= 11 is 0. The van der Waals surface area contributed by atoms with Gasteiger partial charge in [0.25, 0.3) is 0 Å². The van der Waals surface area contributed by atoms with Crippen molar-refractivity contribution in [3.8, 4) is 6.07 Å². The molecule has 1 aromatic heterocycles. The van der Waals surface area contributed by atoms with Crippen LogP contribution in [0.4, 0.5) is 11.4 Å². The summed E-state index contributed by atoms with van der Waals surface area (Å²) in [7, 11) is 0. The molecule has 5 rings (SSSR count). The second-order valence-electron chi connectivity index (χ2n) is 9.36. The zero-order valence-corrected chi connectivity index (χ0v) is 18.6. The van der Waals surface area contributed by atoms with E-state index in [0.717, 1.165) is 16.8 Å². The summed E-state index contributed by atoms with van der Waals surface area (Å²) in [5.41, 5.74) is 4.12. The van der Waals surface area contributed by atoms with E-state index in [1.807, 2.05) is 21.6 Å². The molecule has 3 heterocycles. The zero-order chi connectivity index (χ0) is 23.2. The minimum atomic E-state index is -0.415. The van der Waals surface area contributed by atoms with E-state index in [9.17, 15) is 9.59 Å². The first kappa shape index (κ1) is 20.9. The predicted molar refractivity (Wildman–Crippen MR) is 123 cm³/mol. The van der Waals surface area contributed by atoms with Crippen LogP contribution in [-0.4, -0.2) is 39.7 Å². The fraction of sp³-hybridized carbons (Fsp3) is 0.320. The van der Waals surface area contributed by atoms with E-state index in [0.29, 0.717) is 30.9 Å². The molecule has 8 heteroatoms. The number of nitriles is 1. The van der Waals surface area contributed by atoms with Gasteiger partial charge < -0.3 is 14.4 Å². The van der Waals surface area contributed by atoms with Gasteiger partial charge in [0.2, 0.25) is 11.8 Å². The first-order valence-electron chi connectivity index (χ1n) is 10.9. The van der Waals surface area contributed by atoms with E-state index in [2.05, 4.69) is 36.2 Å². The highest BCUT2D eigenvalue weighted by Gasteiger charge is 2.43. The number of hydrogen-bond acceptors (Lipinski definition) is 5. The molecule has 2 aromatic carbocycles. The molecule has 1 atom stereocenters. The van der Waals surface area contributed by atoms with E-state index in [-0.39, 0.29) is 23.7 Å². The largest absolute Gasteiger partial charge is 0.316 e. The van der Waals surface area contributed by atoms with Crippen molar-refractivity contribution in [2.45, 2.75) is 32.2 Å². The second-order valence-corrected chi connectivity index (χ2v) is 9.36. The topological polar surface area (TPSA) is 95.1 Å². The molecular weight excluding hydrogens is 416 g/mol. The van der Waals surface area contributed by atoms with Crippen molar-refractivity contribution in [2.75, 3.05) is 22.9 Å². The van der Waals surface area contributed by atoms with Crippen molar-refractivity contribution in [1.82, 2.24) is 14.8 Å². The highest BCUT2D eigenvalue weighted by Crippen LogP contribution is 2.42. The maximum atomic E-state index is 13.6. The number of carbonyl (C=O) groups excluding carboxylic acids is 2. The molecule has 0 unspecified atom stereocenters. The molecule has 1 saturated heterocycles. The summed E-state index contributed by atoms with van der Waals surface area (Å²) in [5, 5.41) is 16.9. The summed E-state index contributed by atoms with van der Waals surface area (Å²) in [6, 6.07) is 15.2. The Morgan fingerprint density at radius 2 is 1.97 bits per heavy atom. The van der Waals surface area contributed by atoms with Crippen molar-refractivity contribution in [3.05, 3.63) is 71.8 Å². The van der Waals surface area contributed by atoms with Crippen LogP contribution in [-0.2, 0) is 21.5 Å². The summed E-state index contributed by atoms with van der Waals surface area (Å²) in [4.78, 5) is 29.7. The average Bonchev–Trinajstić information content (AvgIpc) is 3.52. The fourth-order valence-corrected chi connectivity index (χ4v) is 4.82. The quantitative estimate of drug-likeness (QED) is 0.622. The SMILES string of the molecule is CC1(C)CN(C(=O)[C@H]2CC(=O)N(c3cccc(C#N)c3)C2)c2ccc(Cn3cnnc3)cc21. The van der Waals surface area contributed by atoms with E-state index < -0.39 is 5.92 Å². The van der Waals surface area contributed by atoms with Crippen molar-refractivity contribution in [2.24, 2.45) is 5.92 Å². The zero-order valence-electron chi connectivity index (χ0n) is 18.6. The molecule has 8 nitrogen and oxygen atoms in total. The van der Waals surface area contributed by atoms with Gasteiger partial charge in [-0.25, -0.2) is 0 Å². The average molecular weight is 441 g/mol. The Balaban J connectivity index is 1.38. The Morgan fingerprint density at radius 1 is 1.18 bits per heavy atom. The van der Waals surface area contributed by atoms with Gasteiger partial charge in [0, 0.05) is 36.3 Å². The van der Waals surface area contributed by atoms with Crippen LogP contribution in [0.2, 0.25) is 0 Å². The molecule has 1 fully saturated rings. The number of benzene rings is 2. The number of nitrogens with zero attached hydrogens (tertiary/aromatic N) is 6. The molecule has 2 amide bonds. The van der Waals surface area contributed by atoms with Crippen LogP contribution >= 0.6 is 0 Å². The maximum Gasteiger partial charge on any atom is 0.232 e. The molecule has 0 N–H and O–H groups in total. The standard InChI is InChI=1S/C25H24N6O2/c1-25(2)14-31(22-7-6-18(9-21(22)25)12-29-15-27-28-16-29)24(33)19-10-23(32)30(13-19)20-5-3-4-17(8-20)11-26/h3-9,15-16,19H,10,12-14H2,1-2H3/t19-/m0/s1. The lowest BCUT2D eigenvalue weighted by Crippen LogP contribution is -2.39. The summed E-state index contributed by atoms with van der Waals surface area (Å²) in [6.07, 6.45) is 3.54. The Morgan fingerprint density at radius 3 is 2.73 bits per heavy atom. The third-order valence-electron chi connectivity index (χ3n) is 6.49. The van der Waals surface area contributed by atoms with E-state index in [4.69, 9.17) is 5.26 Å². The highest BCUT2D eigenvalue weighted by atomic mass is 16.2. The van der Waals surface area contributed by atoms with Crippen molar-refractivity contribution >= 4 is 23.2 Å². The normalized spacial score (nSPS) is 18.9. The predicted octanol–water partition coefficient (Wildman–Crippen LogP) is 2.88. The van der Waals surface area contributed by atoms with Crippen molar-refractivity contribution < 1.29 is 9.59 Å². The lowest BCUT2D eigenvalue weighted by atomic mass is 9.86. The first-order chi connectivity index (χ1) is 15.9. The first-order valence-corrected chi connectivity index (χ1v) is 10.9. The Bertz CT molecular complexity index is 1270. The molecule has 2 aliphatic rings. The number of aromatic nitrogens is 3. The van der Waals surface area contributed by atoms with E-state index in [1.54, 1.807) is 41.8 Å². The van der Waals surface area contributed by atoms with Crippen LogP contribution in [0.3, 0.4) is 0 Å². The van der Waals surface area contributed by atoms with Gasteiger partial charge in [0.15, 0.2) is 0 Å². The van der Waals surface area contributed by atoms with Gasteiger partial charge in [-0.2, -0.15) is 5.26 Å². The van der Waals surface area contributed by atoms with Crippen LogP contribution in [0.5, 0.6) is 0 Å². The highest BCUT2D eigenvalue weighted by molar-refractivity contribution is 6.05. The van der Waals surface area contributed by atoms with Gasteiger partial charge in [-0.1, -0.05) is 32.0 Å². The molecule has 0 bridgehead atoms. The molecule has 33 heavy (non-hydrogen) atoms. The molecule has 0 radical (unpaired) electrons.